The lowest BCUT2D eigenvalue weighted by Gasteiger charge is -2.24. The lowest BCUT2D eigenvalue weighted by atomic mass is 9.96. The van der Waals surface area contributed by atoms with Crippen LogP contribution in [0.25, 0.3) is 33.6 Å². The molecule has 0 saturated heterocycles. The molecule has 0 atom stereocenters. The van der Waals surface area contributed by atoms with Crippen molar-refractivity contribution in [2.24, 2.45) is 0 Å². The number of hydrogen-bond acceptors (Lipinski definition) is 5. The summed E-state index contributed by atoms with van der Waals surface area (Å²) < 4.78 is 59.3. The Morgan fingerprint density at radius 2 is 1.60 bits per heavy atom. The molecule has 0 unspecified atom stereocenters. The van der Waals surface area contributed by atoms with Gasteiger partial charge in [0.25, 0.3) is 11.8 Å². The Labute approximate surface area is 238 Å². The number of pyridine rings is 1. The molecule has 4 aromatic rings. The van der Waals surface area contributed by atoms with Gasteiger partial charge in [-0.05, 0) is 68.3 Å². The van der Waals surface area contributed by atoms with Crippen molar-refractivity contribution in [3.63, 3.8) is 0 Å². The van der Waals surface area contributed by atoms with Crippen LogP contribution >= 0.6 is 0 Å². The second-order valence-corrected chi connectivity index (χ2v) is 10.1. The van der Waals surface area contributed by atoms with Crippen molar-refractivity contribution in [2.75, 3.05) is 14.1 Å². The lowest BCUT2D eigenvalue weighted by Crippen LogP contribution is -2.53. The summed E-state index contributed by atoms with van der Waals surface area (Å²) in [4.78, 5) is 42.6. The van der Waals surface area contributed by atoms with Crippen LogP contribution in [0.2, 0.25) is 0 Å². The fourth-order valence-electron chi connectivity index (χ4n) is 4.47. The summed E-state index contributed by atoms with van der Waals surface area (Å²) in [6.45, 7) is 3.05. The number of rotatable bonds is 8. The molecule has 42 heavy (non-hydrogen) atoms. The molecule has 0 aliphatic heterocycles. The molecule has 2 heterocycles. The van der Waals surface area contributed by atoms with Crippen molar-refractivity contribution >= 4 is 28.8 Å². The molecular formula is C30H28F4N4O4. The molecule has 0 aliphatic carbocycles. The Morgan fingerprint density at radius 3 is 2.21 bits per heavy atom. The van der Waals surface area contributed by atoms with Gasteiger partial charge in [0, 0.05) is 37.2 Å². The van der Waals surface area contributed by atoms with Gasteiger partial charge in [0.05, 0.1) is 16.6 Å². The van der Waals surface area contributed by atoms with Gasteiger partial charge >= 0.3 is 6.18 Å². The standard InChI is InChI=1S/C30H28F4N4O4/c1-29(2,28(41)36-4)38-25(39)18-7-5-6-17(14-18)20-15-21-23(26(40)35-3)24(16-8-10-19(31)11-9-16)42-27(21)37-22(20)12-13-30(32,33)34/h5-11,14-15H,12-13H2,1-4H3,(H,35,40)(H,36,41)(H,38,39). The summed E-state index contributed by atoms with van der Waals surface area (Å²) in [5.41, 5.74) is -0.0860. The topological polar surface area (TPSA) is 113 Å². The number of fused-ring (bicyclic) bond motifs is 1. The minimum atomic E-state index is -4.48. The summed E-state index contributed by atoms with van der Waals surface area (Å²) in [7, 11) is 2.84. The van der Waals surface area contributed by atoms with Crippen LogP contribution in [0, 0.1) is 5.82 Å². The van der Waals surface area contributed by atoms with Crippen LogP contribution in [0.4, 0.5) is 17.6 Å². The van der Waals surface area contributed by atoms with Crippen molar-refractivity contribution in [1.82, 2.24) is 20.9 Å². The lowest BCUT2D eigenvalue weighted by molar-refractivity contribution is -0.134. The Balaban J connectivity index is 1.89. The maximum Gasteiger partial charge on any atom is 0.389 e. The van der Waals surface area contributed by atoms with Gasteiger partial charge in [-0.2, -0.15) is 13.2 Å². The smallest absolute Gasteiger partial charge is 0.389 e. The molecule has 220 valence electrons. The van der Waals surface area contributed by atoms with Crippen LogP contribution in [0.15, 0.2) is 59.0 Å². The molecule has 0 fully saturated rings. The third-order valence-corrected chi connectivity index (χ3v) is 6.62. The molecular weight excluding hydrogens is 556 g/mol. The average molecular weight is 585 g/mol. The second kappa shape index (κ2) is 11.6. The summed E-state index contributed by atoms with van der Waals surface area (Å²) in [6.07, 6.45) is -6.15. The van der Waals surface area contributed by atoms with Gasteiger partial charge in [-0.15, -0.1) is 0 Å². The van der Waals surface area contributed by atoms with Crippen molar-refractivity contribution < 1.29 is 36.4 Å². The van der Waals surface area contributed by atoms with Crippen LogP contribution in [0.3, 0.4) is 0 Å². The highest BCUT2D eigenvalue weighted by atomic mass is 19.4. The second-order valence-electron chi connectivity index (χ2n) is 10.1. The van der Waals surface area contributed by atoms with Gasteiger partial charge in [0.1, 0.15) is 17.1 Å². The number of nitrogens with zero attached hydrogens (tertiary/aromatic N) is 1. The molecule has 8 nitrogen and oxygen atoms in total. The molecule has 4 rings (SSSR count). The number of nitrogens with one attached hydrogen (secondary N) is 3. The molecule has 0 radical (unpaired) electrons. The van der Waals surface area contributed by atoms with E-state index in [1.807, 2.05) is 0 Å². The molecule has 2 aromatic heterocycles. The molecule has 3 N–H and O–H groups in total. The maximum atomic E-state index is 13.6. The Bertz CT molecular complexity index is 1660. The first-order chi connectivity index (χ1) is 19.7. The van der Waals surface area contributed by atoms with E-state index in [4.69, 9.17) is 4.42 Å². The van der Waals surface area contributed by atoms with E-state index in [1.54, 1.807) is 12.1 Å². The fraction of sp³-hybridized carbons (Fsp3) is 0.267. The molecule has 0 bridgehead atoms. The number of benzene rings is 2. The molecule has 0 spiro atoms. The number of likely N-dealkylation sites (N-methyl/N-ethyl adjacent to an activating group) is 1. The van der Waals surface area contributed by atoms with Gasteiger partial charge in [-0.3, -0.25) is 14.4 Å². The van der Waals surface area contributed by atoms with Crippen molar-refractivity contribution in [3.05, 3.63) is 77.2 Å². The zero-order valence-corrected chi connectivity index (χ0v) is 23.2. The van der Waals surface area contributed by atoms with Crippen LogP contribution in [0.1, 0.15) is 46.7 Å². The first-order valence-electron chi connectivity index (χ1n) is 12.9. The van der Waals surface area contributed by atoms with E-state index in [2.05, 4.69) is 20.9 Å². The molecule has 0 aliphatic rings. The van der Waals surface area contributed by atoms with E-state index in [1.165, 1.54) is 70.4 Å². The Morgan fingerprint density at radius 1 is 0.905 bits per heavy atom. The third kappa shape index (κ3) is 6.42. The fourth-order valence-corrected chi connectivity index (χ4v) is 4.47. The van der Waals surface area contributed by atoms with Gasteiger partial charge in [0.15, 0.2) is 0 Å². The molecule has 0 saturated carbocycles. The first kappa shape index (κ1) is 30.2. The highest BCUT2D eigenvalue weighted by Gasteiger charge is 2.31. The van der Waals surface area contributed by atoms with Crippen LogP contribution in [0.5, 0.6) is 0 Å². The third-order valence-electron chi connectivity index (χ3n) is 6.62. The number of carbonyl (C=O) groups excluding carboxylic acids is 3. The minimum absolute atomic E-state index is 0.0333. The monoisotopic (exact) mass is 584 g/mol. The molecule has 12 heteroatoms. The van der Waals surface area contributed by atoms with Gasteiger partial charge < -0.3 is 20.4 Å². The van der Waals surface area contributed by atoms with E-state index >= 15 is 0 Å². The van der Waals surface area contributed by atoms with Gasteiger partial charge in [0.2, 0.25) is 11.6 Å². The predicted molar refractivity (Wildman–Crippen MR) is 148 cm³/mol. The van der Waals surface area contributed by atoms with Gasteiger partial charge in [-0.1, -0.05) is 12.1 Å². The van der Waals surface area contributed by atoms with Crippen molar-refractivity contribution in [3.8, 4) is 22.5 Å². The number of aryl methyl sites for hydroxylation is 1. The summed E-state index contributed by atoms with van der Waals surface area (Å²) >= 11 is 0. The first-order valence-corrected chi connectivity index (χ1v) is 12.9. The molecule has 3 amide bonds. The summed E-state index contributed by atoms with van der Waals surface area (Å²) in [5.74, 6) is -1.98. The Hall–Kier alpha value is -4.74. The number of amides is 3. The van der Waals surface area contributed by atoms with E-state index in [0.29, 0.717) is 11.1 Å². The van der Waals surface area contributed by atoms with Crippen molar-refractivity contribution in [2.45, 2.75) is 38.4 Å². The number of carbonyl (C=O) groups is 3. The SMILES string of the molecule is CNC(=O)c1c(-c2ccc(F)cc2)oc2nc(CCC(F)(F)F)c(-c3cccc(C(=O)NC(C)(C)C(=O)NC)c3)cc12. The van der Waals surface area contributed by atoms with Crippen molar-refractivity contribution in [1.29, 1.82) is 0 Å². The average Bonchev–Trinajstić information content (AvgIpc) is 3.32. The van der Waals surface area contributed by atoms with Crippen LogP contribution in [-0.2, 0) is 11.2 Å². The van der Waals surface area contributed by atoms with Gasteiger partial charge in [-0.25, -0.2) is 9.37 Å². The molecule has 2 aromatic carbocycles. The predicted octanol–water partition coefficient (Wildman–Crippen LogP) is 5.41. The zero-order valence-electron chi connectivity index (χ0n) is 23.2. The highest BCUT2D eigenvalue weighted by molar-refractivity contribution is 6.11. The number of halogens is 4. The van der Waals surface area contributed by atoms with E-state index in [0.717, 1.165) is 0 Å². The number of aromatic nitrogens is 1. The largest absolute Gasteiger partial charge is 0.437 e. The van der Waals surface area contributed by atoms with E-state index in [9.17, 15) is 31.9 Å². The number of alkyl halides is 3. The maximum absolute atomic E-state index is 13.6. The summed E-state index contributed by atoms with van der Waals surface area (Å²) in [5, 5.41) is 7.85. The minimum Gasteiger partial charge on any atom is -0.437 e. The van der Waals surface area contributed by atoms with Crippen LogP contribution < -0.4 is 16.0 Å². The van der Waals surface area contributed by atoms with Crippen LogP contribution in [-0.4, -0.2) is 48.5 Å². The quantitative estimate of drug-likeness (QED) is 0.240. The highest BCUT2D eigenvalue weighted by Crippen LogP contribution is 2.37. The Kier molecular flexibility index (Phi) is 8.37. The summed E-state index contributed by atoms with van der Waals surface area (Å²) in [6, 6.07) is 12.8. The number of hydrogen-bond donors (Lipinski definition) is 3. The van der Waals surface area contributed by atoms with E-state index in [-0.39, 0.29) is 39.2 Å². The number of furan rings is 1. The van der Waals surface area contributed by atoms with E-state index < -0.39 is 48.1 Å². The zero-order chi connectivity index (χ0) is 30.8. The normalized spacial score (nSPS) is 11.8.